The summed E-state index contributed by atoms with van der Waals surface area (Å²) in [6.45, 7) is 0.525. The lowest BCUT2D eigenvalue weighted by molar-refractivity contribution is 0.0946. The van der Waals surface area contributed by atoms with Crippen molar-refractivity contribution >= 4 is 33.0 Å². The summed E-state index contributed by atoms with van der Waals surface area (Å²) in [4.78, 5) is 11.9. The Morgan fingerprint density at radius 2 is 2.04 bits per heavy atom. The highest BCUT2D eigenvalue weighted by Gasteiger charge is 2.32. The average molecular weight is 348 g/mol. The number of rotatable bonds is 4. The highest BCUT2D eigenvalue weighted by atomic mass is 32.2. The lowest BCUT2D eigenvalue weighted by Crippen LogP contribution is -2.32. The fraction of sp³-hybridized carbons (Fsp3) is 0.312. The van der Waals surface area contributed by atoms with Crippen LogP contribution in [0.3, 0.4) is 0 Å². The van der Waals surface area contributed by atoms with Crippen molar-refractivity contribution in [2.45, 2.75) is 29.4 Å². The summed E-state index contributed by atoms with van der Waals surface area (Å²) in [7, 11) is -3.62. The molecule has 2 aliphatic rings. The number of nitrogens with one attached hydrogen (secondary N) is 2. The van der Waals surface area contributed by atoms with Crippen LogP contribution in [-0.2, 0) is 16.4 Å². The molecular weight excluding hydrogens is 332 g/mol. The van der Waals surface area contributed by atoms with Gasteiger partial charge in [0.2, 0.25) is 0 Å². The predicted molar refractivity (Wildman–Crippen MR) is 89.6 cm³/mol. The van der Waals surface area contributed by atoms with Crippen molar-refractivity contribution in [1.82, 2.24) is 5.32 Å². The van der Waals surface area contributed by atoms with Crippen LogP contribution in [0, 0.1) is 0 Å². The molecule has 2 aromatic rings. The molecule has 120 valence electrons. The summed E-state index contributed by atoms with van der Waals surface area (Å²) in [5.74, 6) is 0.227. The summed E-state index contributed by atoms with van der Waals surface area (Å²) >= 11 is 1.25. The highest BCUT2D eigenvalue weighted by Crippen LogP contribution is 2.45. The Bertz CT molecular complexity index is 882. The molecule has 7 heteroatoms. The molecule has 1 fully saturated rings. The second kappa shape index (κ2) is 5.35. The normalized spacial score (nSPS) is 17.5. The van der Waals surface area contributed by atoms with E-state index < -0.39 is 10.0 Å². The molecule has 1 aromatic carbocycles. The maximum absolute atomic E-state index is 12.8. The Morgan fingerprint density at radius 3 is 2.83 bits per heavy atom. The average Bonchev–Trinajstić information content (AvgIpc) is 3.24. The van der Waals surface area contributed by atoms with E-state index in [1.165, 1.54) is 11.3 Å². The molecule has 4 rings (SSSR count). The summed E-state index contributed by atoms with van der Waals surface area (Å²) in [5.41, 5.74) is 2.74. The molecule has 0 unspecified atom stereocenters. The van der Waals surface area contributed by atoms with Crippen LogP contribution in [0.15, 0.2) is 33.9 Å². The minimum Gasteiger partial charge on any atom is -0.352 e. The van der Waals surface area contributed by atoms with Gasteiger partial charge in [0.1, 0.15) is 4.21 Å². The number of thiophene rings is 1. The van der Waals surface area contributed by atoms with E-state index in [1.807, 2.05) is 11.4 Å². The SMILES string of the molecule is O=C1NCCc2c(NS(=O)(=O)c3sccc3C3CC3)cccc21. The first kappa shape index (κ1) is 14.7. The van der Waals surface area contributed by atoms with Crippen LogP contribution in [0.1, 0.15) is 40.2 Å². The van der Waals surface area contributed by atoms with E-state index in [0.29, 0.717) is 34.3 Å². The molecule has 0 bridgehead atoms. The summed E-state index contributed by atoms with van der Waals surface area (Å²) < 4.78 is 28.7. The Hall–Kier alpha value is -1.86. The Kier molecular flexibility index (Phi) is 3.42. The molecule has 23 heavy (non-hydrogen) atoms. The second-order valence-corrected chi connectivity index (χ2v) is 8.67. The molecule has 0 radical (unpaired) electrons. The van der Waals surface area contributed by atoms with Crippen LogP contribution in [0.2, 0.25) is 0 Å². The van der Waals surface area contributed by atoms with E-state index >= 15 is 0 Å². The zero-order chi connectivity index (χ0) is 16.0. The third-order valence-electron chi connectivity index (χ3n) is 4.25. The van der Waals surface area contributed by atoms with Crippen molar-refractivity contribution in [3.8, 4) is 0 Å². The molecule has 1 aliphatic heterocycles. The van der Waals surface area contributed by atoms with Crippen LogP contribution in [0.4, 0.5) is 5.69 Å². The van der Waals surface area contributed by atoms with Gasteiger partial charge in [-0.1, -0.05) is 6.07 Å². The van der Waals surface area contributed by atoms with Crippen molar-refractivity contribution in [2.24, 2.45) is 0 Å². The number of sulfonamides is 1. The molecule has 0 saturated heterocycles. The standard InChI is InChI=1S/C16H16N2O3S2/c19-15-13-2-1-3-14(12(13)6-8-17-15)18-23(20,21)16-11(7-9-22-16)10-4-5-10/h1-3,7,9-10,18H,4-6,8H2,(H,17,19). The van der Waals surface area contributed by atoms with E-state index in [2.05, 4.69) is 10.0 Å². The number of benzene rings is 1. The Morgan fingerprint density at radius 1 is 1.22 bits per heavy atom. The lowest BCUT2D eigenvalue weighted by atomic mass is 9.99. The summed E-state index contributed by atoms with van der Waals surface area (Å²) in [6.07, 6.45) is 2.74. The van der Waals surface area contributed by atoms with Crippen molar-refractivity contribution in [3.63, 3.8) is 0 Å². The molecule has 1 aliphatic carbocycles. The molecule has 1 amide bonds. The second-order valence-electron chi connectivity index (χ2n) is 5.88. The van der Waals surface area contributed by atoms with E-state index in [-0.39, 0.29) is 5.91 Å². The first-order valence-corrected chi connectivity index (χ1v) is 9.93. The molecule has 2 N–H and O–H groups in total. The number of carbonyl (C=O) groups excluding carboxylic acids is 1. The lowest BCUT2D eigenvalue weighted by Gasteiger charge is -2.20. The van der Waals surface area contributed by atoms with Crippen molar-refractivity contribution in [1.29, 1.82) is 0 Å². The molecule has 1 aromatic heterocycles. The Balaban J connectivity index is 1.71. The quantitative estimate of drug-likeness (QED) is 0.892. The fourth-order valence-electron chi connectivity index (χ4n) is 2.97. The first-order chi connectivity index (χ1) is 11.1. The first-order valence-electron chi connectivity index (χ1n) is 7.56. The topological polar surface area (TPSA) is 75.3 Å². The van der Waals surface area contributed by atoms with E-state index in [4.69, 9.17) is 0 Å². The van der Waals surface area contributed by atoms with E-state index in [0.717, 1.165) is 24.0 Å². The number of hydrogen-bond donors (Lipinski definition) is 2. The van der Waals surface area contributed by atoms with Crippen LogP contribution < -0.4 is 10.0 Å². The predicted octanol–water partition coefficient (Wildman–Crippen LogP) is 2.71. The molecule has 2 heterocycles. The van der Waals surface area contributed by atoms with E-state index in [1.54, 1.807) is 18.2 Å². The minimum atomic E-state index is -3.62. The Labute approximate surface area is 138 Å². The maximum Gasteiger partial charge on any atom is 0.271 e. The number of anilines is 1. The third-order valence-corrected chi connectivity index (χ3v) is 7.13. The highest BCUT2D eigenvalue weighted by molar-refractivity contribution is 7.94. The molecular formula is C16H16N2O3S2. The fourth-order valence-corrected chi connectivity index (χ4v) is 5.60. The summed E-state index contributed by atoms with van der Waals surface area (Å²) in [6, 6.07) is 7.06. The molecule has 1 saturated carbocycles. The summed E-state index contributed by atoms with van der Waals surface area (Å²) in [5, 5.41) is 4.60. The van der Waals surface area contributed by atoms with Gasteiger partial charge in [-0.25, -0.2) is 8.42 Å². The van der Waals surface area contributed by atoms with Gasteiger partial charge in [-0.2, -0.15) is 0 Å². The number of amides is 1. The zero-order valence-electron chi connectivity index (χ0n) is 12.3. The van der Waals surface area contributed by atoms with Gasteiger partial charge in [-0.3, -0.25) is 9.52 Å². The van der Waals surface area contributed by atoms with E-state index in [9.17, 15) is 13.2 Å². The van der Waals surface area contributed by atoms with Gasteiger partial charge in [0, 0.05) is 12.1 Å². The van der Waals surface area contributed by atoms with Gasteiger partial charge in [0.25, 0.3) is 15.9 Å². The third kappa shape index (κ3) is 2.64. The largest absolute Gasteiger partial charge is 0.352 e. The van der Waals surface area contributed by atoms with Crippen LogP contribution >= 0.6 is 11.3 Å². The maximum atomic E-state index is 12.8. The number of carbonyl (C=O) groups is 1. The van der Waals surface area contributed by atoms with Gasteiger partial charge < -0.3 is 5.32 Å². The van der Waals surface area contributed by atoms with Gasteiger partial charge in [0.05, 0.1) is 5.69 Å². The number of hydrogen-bond acceptors (Lipinski definition) is 4. The van der Waals surface area contributed by atoms with Gasteiger partial charge in [0.15, 0.2) is 0 Å². The monoisotopic (exact) mass is 348 g/mol. The zero-order valence-corrected chi connectivity index (χ0v) is 14.0. The molecule has 5 nitrogen and oxygen atoms in total. The van der Waals surface area contributed by atoms with Gasteiger partial charge >= 0.3 is 0 Å². The van der Waals surface area contributed by atoms with Gasteiger partial charge in [-0.15, -0.1) is 11.3 Å². The smallest absolute Gasteiger partial charge is 0.271 e. The minimum absolute atomic E-state index is 0.151. The molecule has 0 spiro atoms. The van der Waals surface area contributed by atoms with Crippen LogP contribution in [0.25, 0.3) is 0 Å². The van der Waals surface area contributed by atoms with Crippen molar-refractivity contribution in [3.05, 3.63) is 46.3 Å². The van der Waals surface area contributed by atoms with Crippen LogP contribution in [-0.4, -0.2) is 20.9 Å². The van der Waals surface area contributed by atoms with Crippen LogP contribution in [0.5, 0.6) is 0 Å². The van der Waals surface area contributed by atoms with Crippen molar-refractivity contribution < 1.29 is 13.2 Å². The number of fused-ring (bicyclic) bond motifs is 1. The molecule has 0 atom stereocenters. The van der Waals surface area contributed by atoms with Crippen molar-refractivity contribution in [2.75, 3.05) is 11.3 Å². The van der Waals surface area contributed by atoms with Gasteiger partial charge in [-0.05, 0) is 59.9 Å².